The van der Waals surface area contributed by atoms with E-state index in [9.17, 15) is 0 Å². The molecule has 0 unspecified atom stereocenters. The molecule has 0 aliphatic rings. The zero-order chi connectivity index (χ0) is 38.4. The average Bonchev–Trinajstić information content (AvgIpc) is 3.70. The minimum Gasteiger partial charge on any atom is -0.455 e. The van der Waals surface area contributed by atoms with Gasteiger partial charge in [-0.25, -0.2) is 0 Å². The Morgan fingerprint density at radius 3 is 1.53 bits per heavy atom. The van der Waals surface area contributed by atoms with Crippen molar-refractivity contribution < 1.29 is 4.42 Å². The molecule has 0 saturated heterocycles. The smallest absolute Gasteiger partial charge is 0.145 e. The van der Waals surface area contributed by atoms with Crippen molar-refractivity contribution in [2.24, 2.45) is 0 Å². The maximum absolute atomic E-state index is 6.90. The molecule has 2 nitrogen and oxygen atoms in total. The van der Waals surface area contributed by atoms with Crippen LogP contribution in [0.1, 0.15) is 0 Å². The van der Waals surface area contributed by atoms with Gasteiger partial charge in [0.2, 0.25) is 0 Å². The van der Waals surface area contributed by atoms with Gasteiger partial charge < -0.3 is 9.32 Å². The van der Waals surface area contributed by atoms with Crippen LogP contribution in [0.4, 0.5) is 17.1 Å². The fourth-order valence-corrected chi connectivity index (χ4v) is 8.70. The van der Waals surface area contributed by atoms with E-state index in [1.165, 1.54) is 38.2 Å². The molecule has 1 aromatic heterocycles. The maximum Gasteiger partial charge on any atom is 0.145 e. The highest BCUT2D eigenvalue weighted by atomic mass is 16.3. The van der Waals surface area contributed by atoms with Gasteiger partial charge in [-0.2, -0.15) is 0 Å². The number of furan rings is 1. The molecule has 0 saturated carbocycles. The van der Waals surface area contributed by atoms with Gasteiger partial charge in [-0.05, 0) is 103 Å². The standard InChI is InChI=1S/C56H37NO/c1-2-14-38(15-3-1)39-30-32-40(33-31-39)43-20-10-22-45(36-43)57(46-23-11-21-44(37-46)49-27-12-18-41-16-4-6-24-47(41)49)53-35-34-51(50-28-13-19-42-17-5-7-25-48(42)50)56-55(53)52-26-8-9-29-54(52)58-56/h1-37H. The van der Waals surface area contributed by atoms with Crippen LogP contribution in [0.25, 0.3) is 88.0 Å². The summed E-state index contributed by atoms with van der Waals surface area (Å²) in [5.74, 6) is 0. The molecular formula is C56H37NO. The Morgan fingerprint density at radius 1 is 0.310 bits per heavy atom. The molecule has 11 aromatic rings. The Kier molecular flexibility index (Phi) is 8.19. The van der Waals surface area contributed by atoms with E-state index in [0.717, 1.165) is 66.8 Å². The van der Waals surface area contributed by atoms with Gasteiger partial charge in [0.05, 0.1) is 11.1 Å². The average molecular weight is 740 g/mol. The quantitative estimate of drug-likeness (QED) is 0.162. The molecule has 58 heavy (non-hydrogen) atoms. The van der Waals surface area contributed by atoms with Crippen LogP contribution >= 0.6 is 0 Å². The van der Waals surface area contributed by atoms with E-state index in [1.54, 1.807) is 0 Å². The molecular weight excluding hydrogens is 703 g/mol. The van der Waals surface area contributed by atoms with Gasteiger partial charge in [-0.3, -0.25) is 0 Å². The monoisotopic (exact) mass is 739 g/mol. The second kappa shape index (κ2) is 14.1. The third-order valence-electron chi connectivity index (χ3n) is 11.5. The second-order valence-corrected chi connectivity index (χ2v) is 14.9. The molecule has 0 radical (unpaired) electrons. The molecule has 0 amide bonds. The number of hydrogen-bond donors (Lipinski definition) is 0. The predicted molar refractivity (Wildman–Crippen MR) is 245 cm³/mol. The Hall–Kier alpha value is -7.68. The minimum atomic E-state index is 0.864. The van der Waals surface area contributed by atoms with Crippen molar-refractivity contribution in [3.05, 3.63) is 224 Å². The Labute approximate surface area is 337 Å². The number of rotatable bonds is 7. The molecule has 0 bridgehead atoms. The van der Waals surface area contributed by atoms with E-state index >= 15 is 0 Å². The Bertz CT molecular complexity index is 3270. The molecule has 10 aromatic carbocycles. The van der Waals surface area contributed by atoms with E-state index in [1.807, 2.05) is 0 Å². The van der Waals surface area contributed by atoms with Crippen molar-refractivity contribution in [3.63, 3.8) is 0 Å². The lowest BCUT2D eigenvalue weighted by Crippen LogP contribution is -2.11. The van der Waals surface area contributed by atoms with Crippen molar-refractivity contribution in [3.8, 4) is 44.5 Å². The minimum absolute atomic E-state index is 0.864. The van der Waals surface area contributed by atoms with Crippen molar-refractivity contribution in [2.45, 2.75) is 0 Å². The molecule has 0 fully saturated rings. The van der Waals surface area contributed by atoms with Crippen LogP contribution in [0.15, 0.2) is 229 Å². The van der Waals surface area contributed by atoms with Gasteiger partial charge >= 0.3 is 0 Å². The lowest BCUT2D eigenvalue weighted by atomic mass is 9.95. The molecule has 11 rings (SSSR count). The van der Waals surface area contributed by atoms with Crippen LogP contribution < -0.4 is 4.90 Å². The lowest BCUT2D eigenvalue weighted by Gasteiger charge is -2.28. The van der Waals surface area contributed by atoms with Crippen LogP contribution in [0, 0.1) is 0 Å². The largest absolute Gasteiger partial charge is 0.455 e. The molecule has 2 heteroatoms. The fraction of sp³-hybridized carbons (Fsp3) is 0. The molecule has 0 spiro atoms. The number of para-hydroxylation sites is 1. The van der Waals surface area contributed by atoms with E-state index < -0.39 is 0 Å². The first-order chi connectivity index (χ1) is 28.8. The number of benzene rings is 10. The zero-order valence-electron chi connectivity index (χ0n) is 31.7. The maximum atomic E-state index is 6.90. The van der Waals surface area contributed by atoms with Gasteiger partial charge in [0, 0.05) is 22.3 Å². The summed E-state index contributed by atoms with van der Waals surface area (Å²) >= 11 is 0. The van der Waals surface area contributed by atoms with Crippen molar-refractivity contribution >= 4 is 60.5 Å². The van der Waals surface area contributed by atoms with Crippen molar-refractivity contribution in [1.82, 2.24) is 0 Å². The lowest BCUT2D eigenvalue weighted by molar-refractivity contribution is 0.670. The molecule has 0 aliphatic heterocycles. The highest BCUT2D eigenvalue weighted by molar-refractivity contribution is 6.18. The zero-order valence-corrected chi connectivity index (χ0v) is 31.7. The van der Waals surface area contributed by atoms with E-state index in [0.29, 0.717) is 0 Å². The highest BCUT2D eigenvalue weighted by Crippen LogP contribution is 2.48. The molecule has 272 valence electrons. The normalized spacial score (nSPS) is 11.4. The first kappa shape index (κ1) is 33.6. The van der Waals surface area contributed by atoms with Gasteiger partial charge in [0.25, 0.3) is 0 Å². The third-order valence-corrected chi connectivity index (χ3v) is 11.5. The molecule has 0 aliphatic carbocycles. The SMILES string of the molecule is c1ccc(-c2ccc(-c3cccc(N(c4cccc(-c5cccc6ccccc56)c4)c4ccc(-c5cccc6ccccc56)c5oc6ccccc6c45)c3)cc2)cc1. The van der Waals surface area contributed by atoms with Crippen LogP contribution in [-0.4, -0.2) is 0 Å². The summed E-state index contributed by atoms with van der Waals surface area (Å²) in [6, 6.07) is 80.6. The number of fused-ring (bicyclic) bond motifs is 5. The molecule has 0 N–H and O–H groups in total. The Balaban J connectivity index is 1.14. The summed E-state index contributed by atoms with van der Waals surface area (Å²) in [4.78, 5) is 2.41. The van der Waals surface area contributed by atoms with Gasteiger partial charge in [-0.1, -0.05) is 182 Å². The highest BCUT2D eigenvalue weighted by Gasteiger charge is 2.23. The van der Waals surface area contributed by atoms with Crippen LogP contribution in [0.5, 0.6) is 0 Å². The predicted octanol–water partition coefficient (Wildman–Crippen LogP) is 16.0. The molecule has 1 heterocycles. The van der Waals surface area contributed by atoms with Gasteiger partial charge in [-0.15, -0.1) is 0 Å². The Morgan fingerprint density at radius 2 is 0.810 bits per heavy atom. The summed E-state index contributed by atoms with van der Waals surface area (Å²) in [6.45, 7) is 0. The second-order valence-electron chi connectivity index (χ2n) is 14.9. The van der Waals surface area contributed by atoms with Gasteiger partial charge in [0.15, 0.2) is 0 Å². The summed E-state index contributed by atoms with van der Waals surface area (Å²) in [7, 11) is 0. The summed E-state index contributed by atoms with van der Waals surface area (Å²) in [6.07, 6.45) is 0. The first-order valence-corrected chi connectivity index (χ1v) is 19.8. The summed E-state index contributed by atoms with van der Waals surface area (Å²) in [5.41, 5.74) is 14.2. The van der Waals surface area contributed by atoms with E-state index in [4.69, 9.17) is 4.42 Å². The fourth-order valence-electron chi connectivity index (χ4n) is 8.70. The number of hydrogen-bond acceptors (Lipinski definition) is 2. The number of anilines is 3. The van der Waals surface area contributed by atoms with E-state index in [2.05, 4.69) is 229 Å². The summed E-state index contributed by atoms with van der Waals surface area (Å²) in [5, 5.41) is 7.02. The van der Waals surface area contributed by atoms with Crippen molar-refractivity contribution in [1.29, 1.82) is 0 Å². The van der Waals surface area contributed by atoms with Crippen LogP contribution in [-0.2, 0) is 0 Å². The third kappa shape index (κ3) is 5.82. The van der Waals surface area contributed by atoms with E-state index in [-0.39, 0.29) is 0 Å². The number of nitrogens with zero attached hydrogens (tertiary/aromatic N) is 1. The summed E-state index contributed by atoms with van der Waals surface area (Å²) < 4.78 is 6.90. The van der Waals surface area contributed by atoms with Gasteiger partial charge in [0.1, 0.15) is 11.2 Å². The first-order valence-electron chi connectivity index (χ1n) is 19.8. The topological polar surface area (TPSA) is 16.4 Å². The van der Waals surface area contributed by atoms with Crippen molar-refractivity contribution in [2.75, 3.05) is 4.90 Å². The van der Waals surface area contributed by atoms with Crippen LogP contribution in [0.3, 0.4) is 0 Å². The van der Waals surface area contributed by atoms with Crippen LogP contribution in [0.2, 0.25) is 0 Å². The molecule has 0 atom stereocenters.